The Balaban J connectivity index is 2.20. The van der Waals surface area contributed by atoms with E-state index < -0.39 is 23.2 Å². The SMILES string of the molecule is O=C(Nc1ccc(O)c(F)c1)c1ccc(O)c(O)c1. The third-order valence-electron chi connectivity index (χ3n) is 2.44. The maximum absolute atomic E-state index is 13.1. The highest BCUT2D eigenvalue weighted by atomic mass is 19.1. The Kier molecular flexibility index (Phi) is 3.24. The minimum absolute atomic E-state index is 0.101. The summed E-state index contributed by atoms with van der Waals surface area (Å²) in [6, 6.07) is 6.97. The number of aromatic hydroxyl groups is 3. The Bertz CT molecular complexity index is 643. The van der Waals surface area contributed by atoms with Crippen LogP contribution >= 0.6 is 0 Å². The first-order valence-electron chi connectivity index (χ1n) is 5.29. The minimum Gasteiger partial charge on any atom is -0.505 e. The van der Waals surface area contributed by atoms with Crippen molar-refractivity contribution in [2.75, 3.05) is 5.32 Å². The monoisotopic (exact) mass is 263 g/mol. The number of anilines is 1. The third-order valence-corrected chi connectivity index (χ3v) is 2.44. The van der Waals surface area contributed by atoms with E-state index in [0.29, 0.717) is 0 Å². The van der Waals surface area contributed by atoms with E-state index in [0.717, 1.165) is 18.2 Å². The van der Waals surface area contributed by atoms with Crippen molar-refractivity contribution >= 4 is 11.6 Å². The van der Waals surface area contributed by atoms with Gasteiger partial charge in [-0.2, -0.15) is 0 Å². The van der Waals surface area contributed by atoms with Gasteiger partial charge in [-0.25, -0.2) is 4.39 Å². The molecule has 0 heterocycles. The van der Waals surface area contributed by atoms with E-state index in [2.05, 4.69) is 5.32 Å². The lowest BCUT2D eigenvalue weighted by Crippen LogP contribution is -2.11. The van der Waals surface area contributed by atoms with Crippen LogP contribution in [-0.2, 0) is 0 Å². The predicted octanol–water partition coefficient (Wildman–Crippen LogP) is 2.19. The fraction of sp³-hybridized carbons (Fsp3) is 0. The number of rotatable bonds is 2. The molecule has 0 aliphatic carbocycles. The van der Waals surface area contributed by atoms with E-state index in [-0.39, 0.29) is 17.0 Å². The average molecular weight is 263 g/mol. The van der Waals surface area contributed by atoms with Crippen LogP contribution in [0.25, 0.3) is 0 Å². The number of hydrogen-bond donors (Lipinski definition) is 4. The molecule has 6 heteroatoms. The van der Waals surface area contributed by atoms with Gasteiger partial charge in [0.15, 0.2) is 23.1 Å². The minimum atomic E-state index is -0.855. The van der Waals surface area contributed by atoms with Crippen molar-refractivity contribution in [2.45, 2.75) is 0 Å². The molecule has 0 bridgehead atoms. The quantitative estimate of drug-likeness (QED) is 0.494. The molecule has 2 aromatic carbocycles. The highest BCUT2D eigenvalue weighted by molar-refractivity contribution is 6.04. The van der Waals surface area contributed by atoms with Crippen LogP contribution in [0.1, 0.15) is 10.4 Å². The van der Waals surface area contributed by atoms with E-state index >= 15 is 0 Å². The summed E-state index contributed by atoms with van der Waals surface area (Å²) >= 11 is 0. The molecular weight excluding hydrogens is 253 g/mol. The third kappa shape index (κ3) is 2.74. The van der Waals surface area contributed by atoms with Crippen LogP contribution in [-0.4, -0.2) is 21.2 Å². The van der Waals surface area contributed by atoms with Crippen molar-refractivity contribution in [3.05, 3.63) is 47.8 Å². The van der Waals surface area contributed by atoms with Gasteiger partial charge in [-0.15, -0.1) is 0 Å². The zero-order valence-electron chi connectivity index (χ0n) is 9.59. The number of carbonyl (C=O) groups excluding carboxylic acids is 1. The van der Waals surface area contributed by atoms with Crippen LogP contribution in [0.2, 0.25) is 0 Å². The molecule has 4 N–H and O–H groups in total. The van der Waals surface area contributed by atoms with Gasteiger partial charge >= 0.3 is 0 Å². The summed E-state index contributed by atoms with van der Waals surface area (Å²) in [7, 11) is 0. The Morgan fingerprint density at radius 2 is 1.63 bits per heavy atom. The second kappa shape index (κ2) is 4.85. The van der Waals surface area contributed by atoms with Crippen molar-refractivity contribution < 1.29 is 24.5 Å². The van der Waals surface area contributed by atoms with E-state index in [1.807, 2.05) is 0 Å². The van der Waals surface area contributed by atoms with E-state index in [1.165, 1.54) is 18.2 Å². The molecule has 0 aliphatic rings. The highest BCUT2D eigenvalue weighted by Crippen LogP contribution is 2.25. The zero-order valence-corrected chi connectivity index (χ0v) is 9.59. The van der Waals surface area contributed by atoms with Crippen molar-refractivity contribution in [2.24, 2.45) is 0 Å². The number of phenols is 3. The van der Waals surface area contributed by atoms with Crippen LogP contribution in [0.5, 0.6) is 17.2 Å². The summed E-state index contributed by atoms with van der Waals surface area (Å²) in [5, 5.41) is 29.8. The Morgan fingerprint density at radius 1 is 0.947 bits per heavy atom. The summed E-state index contributed by atoms with van der Waals surface area (Å²) in [6.45, 7) is 0. The molecule has 1 amide bonds. The molecule has 0 unspecified atom stereocenters. The molecular formula is C13H10FNO4. The first kappa shape index (κ1) is 12.7. The Hall–Kier alpha value is -2.76. The highest BCUT2D eigenvalue weighted by Gasteiger charge is 2.10. The number of nitrogens with one attached hydrogen (secondary N) is 1. The van der Waals surface area contributed by atoms with Gasteiger partial charge in [0.2, 0.25) is 0 Å². The van der Waals surface area contributed by atoms with E-state index in [1.54, 1.807) is 0 Å². The molecule has 2 rings (SSSR count). The molecule has 0 spiro atoms. The lowest BCUT2D eigenvalue weighted by molar-refractivity contribution is 0.102. The molecule has 5 nitrogen and oxygen atoms in total. The lowest BCUT2D eigenvalue weighted by atomic mass is 10.2. The molecule has 0 saturated heterocycles. The molecule has 0 atom stereocenters. The second-order valence-electron chi connectivity index (χ2n) is 3.82. The molecule has 0 aromatic heterocycles. The standard InChI is InChI=1S/C13H10FNO4/c14-9-6-8(2-4-10(9)16)15-13(19)7-1-3-11(17)12(18)5-7/h1-6,16-18H,(H,15,19). The summed E-state index contributed by atoms with van der Waals surface area (Å²) in [5.41, 5.74) is 0.261. The van der Waals surface area contributed by atoms with Crippen LogP contribution in [0.4, 0.5) is 10.1 Å². The molecule has 0 aliphatic heterocycles. The predicted molar refractivity (Wildman–Crippen MR) is 65.8 cm³/mol. The number of carbonyl (C=O) groups is 1. The topological polar surface area (TPSA) is 89.8 Å². The summed E-state index contributed by atoms with van der Waals surface area (Å²) < 4.78 is 13.1. The van der Waals surface area contributed by atoms with Crippen molar-refractivity contribution in [1.29, 1.82) is 0 Å². The van der Waals surface area contributed by atoms with Gasteiger partial charge in [0.1, 0.15) is 0 Å². The number of amides is 1. The number of benzene rings is 2. The van der Waals surface area contributed by atoms with Crippen molar-refractivity contribution in [1.82, 2.24) is 0 Å². The van der Waals surface area contributed by atoms with Crippen molar-refractivity contribution in [3.63, 3.8) is 0 Å². The summed E-state index contributed by atoms with van der Waals surface area (Å²) in [4.78, 5) is 11.8. The zero-order chi connectivity index (χ0) is 14.0. The summed E-state index contributed by atoms with van der Waals surface area (Å²) in [5.74, 6) is -2.72. The first-order valence-corrected chi connectivity index (χ1v) is 5.29. The normalized spacial score (nSPS) is 10.2. The van der Waals surface area contributed by atoms with Crippen LogP contribution in [0.3, 0.4) is 0 Å². The first-order chi connectivity index (χ1) is 8.97. The van der Waals surface area contributed by atoms with Gasteiger partial charge in [0, 0.05) is 17.3 Å². The maximum atomic E-state index is 13.1. The largest absolute Gasteiger partial charge is 0.505 e. The molecule has 98 valence electrons. The fourth-order valence-corrected chi connectivity index (χ4v) is 1.45. The van der Waals surface area contributed by atoms with Gasteiger partial charge in [-0.1, -0.05) is 0 Å². The van der Waals surface area contributed by atoms with Gasteiger partial charge in [-0.05, 0) is 30.3 Å². The van der Waals surface area contributed by atoms with Gasteiger partial charge in [-0.3, -0.25) is 4.79 Å². The van der Waals surface area contributed by atoms with Gasteiger partial charge in [0.25, 0.3) is 5.91 Å². The van der Waals surface area contributed by atoms with Crippen LogP contribution < -0.4 is 5.32 Å². The van der Waals surface area contributed by atoms with Gasteiger partial charge < -0.3 is 20.6 Å². The van der Waals surface area contributed by atoms with E-state index in [9.17, 15) is 14.3 Å². The Morgan fingerprint density at radius 3 is 2.26 bits per heavy atom. The lowest BCUT2D eigenvalue weighted by Gasteiger charge is -2.06. The van der Waals surface area contributed by atoms with Crippen LogP contribution in [0.15, 0.2) is 36.4 Å². The molecule has 2 aromatic rings. The average Bonchev–Trinajstić information content (AvgIpc) is 2.37. The van der Waals surface area contributed by atoms with Gasteiger partial charge in [0.05, 0.1) is 0 Å². The molecule has 0 saturated carbocycles. The Labute approximate surface area is 107 Å². The second-order valence-corrected chi connectivity index (χ2v) is 3.82. The smallest absolute Gasteiger partial charge is 0.255 e. The van der Waals surface area contributed by atoms with E-state index in [4.69, 9.17) is 10.2 Å². The number of hydrogen-bond acceptors (Lipinski definition) is 4. The summed E-state index contributed by atoms with van der Waals surface area (Å²) in [6.07, 6.45) is 0. The molecule has 0 radical (unpaired) electrons. The van der Waals surface area contributed by atoms with Crippen LogP contribution in [0, 0.1) is 5.82 Å². The molecule has 0 fully saturated rings. The maximum Gasteiger partial charge on any atom is 0.255 e. The fourth-order valence-electron chi connectivity index (χ4n) is 1.45. The molecule has 19 heavy (non-hydrogen) atoms. The number of phenolic OH excluding ortho intramolecular Hbond substituents is 3. The number of halogens is 1. The van der Waals surface area contributed by atoms with Crippen molar-refractivity contribution in [3.8, 4) is 17.2 Å².